The van der Waals surface area contributed by atoms with E-state index in [9.17, 15) is 13.2 Å². The smallest absolute Gasteiger partial charge is 0.337 e. The van der Waals surface area contributed by atoms with E-state index in [2.05, 4.69) is 257 Å². The van der Waals surface area contributed by atoms with E-state index in [1.165, 1.54) is 56.6 Å². The number of hydrogen-bond acceptors (Lipinski definition) is 8. The number of aromatic nitrogens is 8. The molecule has 2 N–H and O–H groups in total. The lowest BCUT2D eigenvalue weighted by Gasteiger charge is -2.10. The lowest BCUT2D eigenvalue weighted by Crippen LogP contribution is -2.09. The zero-order chi connectivity index (χ0) is 80.3. The Labute approximate surface area is 669 Å². The summed E-state index contributed by atoms with van der Waals surface area (Å²) in [4.78, 5) is 44.5. The van der Waals surface area contributed by atoms with Crippen molar-refractivity contribution >= 4 is 80.4 Å². The first-order valence-electron chi connectivity index (χ1n) is 38.3. The normalized spacial score (nSPS) is 11.8. The molecule has 570 valence electrons. The van der Waals surface area contributed by atoms with Gasteiger partial charge in [0.2, 0.25) is 0 Å². The van der Waals surface area contributed by atoms with E-state index < -0.39 is 11.7 Å². The van der Waals surface area contributed by atoms with Gasteiger partial charge in [0.15, 0.2) is 11.6 Å². The van der Waals surface area contributed by atoms with Crippen LogP contribution in [0, 0.1) is 41.5 Å². The molecule has 0 saturated heterocycles. The van der Waals surface area contributed by atoms with Crippen LogP contribution in [0.25, 0.3) is 111 Å². The number of hydrogen-bond donors (Lipinski definition) is 2. The summed E-state index contributed by atoms with van der Waals surface area (Å²) in [5.41, 5.74) is 29.8. The number of nitrogens with zero attached hydrogens (tertiary/aromatic N) is 10. The number of rotatable bonds is 14. The van der Waals surface area contributed by atoms with Gasteiger partial charge in [0.1, 0.15) is 11.6 Å². The van der Waals surface area contributed by atoms with Gasteiger partial charge in [-0.05, 0) is 142 Å². The van der Waals surface area contributed by atoms with Crippen LogP contribution in [0.1, 0.15) is 88.6 Å². The molecule has 0 saturated carbocycles. The molecule has 0 aliphatic rings. The lowest BCUT2D eigenvalue weighted by molar-refractivity contribution is -0.138. The van der Waals surface area contributed by atoms with E-state index >= 15 is 0 Å². The zero-order valence-electron chi connectivity index (χ0n) is 66.3. The summed E-state index contributed by atoms with van der Waals surface area (Å²) < 4.78 is 44.1. The molecule has 0 unspecified atom stereocenters. The first kappa shape index (κ1) is 77.9. The fourth-order valence-corrected chi connectivity index (χ4v) is 14.6. The predicted molar refractivity (Wildman–Crippen MR) is 472 cm³/mol. The van der Waals surface area contributed by atoms with Crippen LogP contribution in [-0.2, 0) is 26.8 Å². The Morgan fingerprint density at radius 1 is 0.365 bits per heavy atom. The van der Waals surface area contributed by atoms with Crippen molar-refractivity contribution in [3.63, 3.8) is 0 Å². The molecule has 17 aromatic rings. The highest BCUT2D eigenvalue weighted by Gasteiger charge is 2.33. The Kier molecular flexibility index (Phi) is 23.3. The van der Waals surface area contributed by atoms with E-state index in [0.717, 1.165) is 135 Å². The number of imidazole rings is 4. The highest BCUT2D eigenvalue weighted by atomic mass is 19.4. The monoisotopic (exact) mass is 1510 g/mol. The summed E-state index contributed by atoms with van der Waals surface area (Å²) >= 11 is 0. The third-order valence-electron chi connectivity index (χ3n) is 20.0. The molecule has 0 aliphatic heterocycles. The number of aliphatic imine (C=N–C) groups is 4. The van der Waals surface area contributed by atoms with E-state index in [1.807, 2.05) is 133 Å². The first-order valence-corrected chi connectivity index (χ1v) is 38.3. The van der Waals surface area contributed by atoms with E-state index in [4.69, 9.17) is 24.9 Å². The molecule has 0 bridgehead atoms. The SMILES string of the molecule is CC(C)(C)N=Cc1nc2ccccc2[nH]1.Cc1cc(C)c(N=Cc2nc3c(-c4ccccc4)ccc(-c4ccccc4)c3[nH]2)c(C)c1.Cc1cc(C)c(N=Cc2nc3c(-c4ccccc4)ccc(-c4ccccc4)c3n2C)c(C)c1.Cn1c(C=NCc2ccccc2C(F)(F)F)nc2c(-c3ccccc3)ccc(-c3ccccc3)c21. The van der Waals surface area contributed by atoms with Crippen LogP contribution >= 0.6 is 0 Å². The second-order valence-electron chi connectivity index (χ2n) is 29.7. The van der Waals surface area contributed by atoms with Gasteiger partial charge in [0, 0.05) is 47.5 Å². The standard InChI is InChI=1S/C30H27N3.C29H22F3N3.C29H25N3.C12H15N3/c1-20-17-21(2)28(22(3)18-20)31-19-27-32-29-25(23-11-7-5-8-12-23)15-16-26(30(29)33(27)4)24-13-9-6-10-14-24;1-35-26(19-33-18-22-14-8-9-15-25(22)29(30,31)32)34-27-23(20-10-4-2-5-11-20)16-17-24(28(27)35)21-12-6-3-7-13-21;1-19-16-20(2)27(21(3)17-19)30-18-26-31-28-24(22-10-6-4-7-11-22)14-15-25(29(28)32-26)23-12-8-5-9-13-23;1-12(2,3)13-8-11-14-9-6-4-5-7-10(9)15-11/h5-19H,1-4H3;2-17,19H,18H2,1H3;4-18H,1-3H3,(H,31,32);4-8H,1-3H3,(H,14,15). The Morgan fingerprint density at radius 2 is 0.730 bits per heavy atom. The number of nitrogens with one attached hydrogen (secondary N) is 2. The van der Waals surface area contributed by atoms with Gasteiger partial charge in [0.25, 0.3) is 0 Å². The van der Waals surface area contributed by atoms with Crippen LogP contribution in [0.3, 0.4) is 0 Å². The van der Waals surface area contributed by atoms with Gasteiger partial charge >= 0.3 is 6.18 Å². The van der Waals surface area contributed by atoms with Crippen LogP contribution in [0.15, 0.2) is 311 Å². The molecule has 0 spiro atoms. The highest BCUT2D eigenvalue weighted by molar-refractivity contribution is 6.06. The van der Waals surface area contributed by atoms with Crippen molar-refractivity contribution < 1.29 is 13.2 Å². The maximum absolute atomic E-state index is 13.3. The molecule has 4 heterocycles. The third-order valence-corrected chi connectivity index (χ3v) is 20.0. The minimum Gasteiger partial charge on any atom is -0.337 e. The van der Waals surface area contributed by atoms with Crippen LogP contribution < -0.4 is 0 Å². The molecule has 0 amide bonds. The van der Waals surface area contributed by atoms with Gasteiger partial charge in [-0.1, -0.05) is 284 Å². The third kappa shape index (κ3) is 18.1. The quantitative estimate of drug-likeness (QED) is 0.105. The Morgan fingerprint density at radius 3 is 1.17 bits per heavy atom. The molecular formula is C100H89F3N12. The van der Waals surface area contributed by atoms with Gasteiger partial charge in [-0.25, -0.2) is 19.9 Å². The predicted octanol–water partition coefficient (Wildman–Crippen LogP) is 25.5. The highest BCUT2D eigenvalue weighted by Crippen LogP contribution is 2.40. The van der Waals surface area contributed by atoms with E-state index in [1.54, 1.807) is 18.5 Å². The second kappa shape index (κ2) is 34.4. The number of alkyl halides is 3. The first-order chi connectivity index (χ1) is 55.6. The average Bonchev–Trinajstić information content (AvgIpc) is 1.66. The van der Waals surface area contributed by atoms with Crippen molar-refractivity contribution in [1.82, 2.24) is 39.0 Å². The summed E-state index contributed by atoms with van der Waals surface area (Å²) in [6.07, 6.45) is 2.66. The van der Waals surface area contributed by atoms with Gasteiger partial charge in [-0.3, -0.25) is 20.0 Å². The second-order valence-corrected chi connectivity index (χ2v) is 29.7. The Hall–Kier alpha value is -13.8. The Balaban J connectivity index is 0.000000131. The number of halogens is 3. The topological polar surface area (TPSA) is 142 Å². The average molecular weight is 1520 g/mol. The van der Waals surface area contributed by atoms with Crippen LogP contribution in [-0.4, -0.2) is 69.4 Å². The number of H-pyrrole nitrogens is 2. The van der Waals surface area contributed by atoms with Crippen molar-refractivity contribution in [1.29, 1.82) is 0 Å². The molecule has 13 aromatic carbocycles. The number of fused-ring (bicyclic) bond motifs is 4. The van der Waals surface area contributed by atoms with E-state index in [0.29, 0.717) is 5.82 Å². The maximum Gasteiger partial charge on any atom is 0.416 e. The van der Waals surface area contributed by atoms with Gasteiger partial charge in [-0.15, -0.1) is 0 Å². The summed E-state index contributed by atoms with van der Waals surface area (Å²) in [5.74, 6) is 2.97. The summed E-state index contributed by atoms with van der Waals surface area (Å²) in [6.45, 7) is 18.8. The number of aryl methyl sites for hydroxylation is 8. The molecule has 0 radical (unpaired) electrons. The van der Waals surface area contributed by atoms with Crippen molar-refractivity contribution in [2.45, 2.75) is 80.6 Å². The molecule has 12 nitrogen and oxygen atoms in total. The lowest BCUT2D eigenvalue weighted by atomic mass is 9.98. The van der Waals surface area contributed by atoms with Gasteiger partial charge in [0.05, 0.1) is 98.0 Å². The minimum absolute atomic E-state index is 0.0566. The van der Waals surface area contributed by atoms with Gasteiger partial charge in [-0.2, -0.15) is 13.2 Å². The van der Waals surface area contributed by atoms with Crippen LogP contribution in [0.2, 0.25) is 0 Å². The fourth-order valence-electron chi connectivity index (χ4n) is 14.6. The zero-order valence-corrected chi connectivity index (χ0v) is 66.3. The maximum atomic E-state index is 13.3. The molecule has 0 aliphatic carbocycles. The van der Waals surface area contributed by atoms with Crippen molar-refractivity contribution in [2.24, 2.45) is 34.1 Å². The molecule has 4 aromatic heterocycles. The summed E-state index contributed by atoms with van der Waals surface area (Å²) in [7, 11) is 3.98. The minimum atomic E-state index is -4.42. The molecule has 15 heteroatoms. The largest absolute Gasteiger partial charge is 0.416 e. The number of aromatic amines is 2. The molecular weight excluding hydrogens is 1430 g/mol. The van der Waals surface area contributed by atoms with Crippen LogP contribution in [0.5, 0.6) is 0 Å². The van der Waals surface area contributed by atoms with Crippen molar-refractivity contribution in [3.05, 3.63) is 359 Å². The summed E-state index contributed by atoms with van der Waals surface area (Å²) in [5, 5.41) is 0. The number of benzene rings is 13. The molecule has 115 heavy (non-hydrogen) atoms. The molecule has 0 atom stereocenters. The summed E-state index contributed by atoms with van der Waals surface area (Å²) in [6, 6.07) is 96.9. The number of para-hydroxylation sites is 2. The fraction of sp³-hybridized carbons (Fsp3) is 0.140. The van der Waals surface area contributed by atoms with Crippen molar-refractivity contribution in [3.8, 4) is 66.8 Å². The Bertz CT molecular complexity index is 6250. The molecule has 0 fully saturated rings. The van der Waals surface area contributed by atoms with Gasteiger partial charge < -0.3 is 19.1 Å². The van der Waals surface area contributed by atoms with Crippen molar-refractivity contribution in [2.75, 3.05) is 0 Å². The molecule has 17 rings (SSSR count). The van der Waals surface area contributed by atoms with E-state index in [-0.39, 0.29) is 17.6 Å². The van der Waals surface area contributed by atoms with Crippen LogP contribution in [0.4, 0.5) is 24.5 Å².